The molecular weight excluding hydrogens is 248 g/mol. The monoisotopic (exact) mass is 278 g/mol. The summed E-state index contributed by atoms with van der Waals surface area (Å²) in [7, 11) is 0. The number of amides is 1. The maximum absolute atomic E-state index is 12.2. The van der Waals surface area contributed by atoms with Gasteiger partial charge in [-0.15, -0.1) is 0 Å². The molecule has 0 aromatic rings. The van der Waals surface area contributed by atoms with Crippen molar-refractivity contribution in [1.82, 2.24) is 10.6 Å². The van der Waals surface area contributed by atoms with Gasteiger partial charge in [0, 0.05) is 19.0 Å². The molecule has 3 heteroatoms. The SMILES string of the molecule is CCCCC1CCC(C(=O)NCC2=CCNCC2)CC1. The van der Waals surface area contributed by atoms with E-state index < -0.39 is 0 Å². The van der Waals surface area contributed by atoms with E-state index in [4.69, 9.17) is 0 Å². The lowest BCUT2D eigenvalue weighted by atomic mass is 9.79. The molecule has 20 heavy (non-hydrogen) atoms. The van der Waals surface area contributed by atoms with Crippen LogP contribution in [0.2, 0.25) is 0 Å². The van der Waals surface area contributed by atoms with Crippen LogP contribution in [0.15, 0.2) is 11.6 Å². The molecule has 0 saturated heterocycles. The number of unbranched alkanes of at least 4 members (excludes halogenated alkanes) is 1. The van der Waals surface area contributed by atoms with Gasteiger partial charge in [-0.2, -0.15) is 0 Å². The van der Waals surface area contributed by atoms with Gasteiger partial charge < -0.3 is 10.6 Å². The van der Waals surface area contributed by atoms with E-state index in [1.807, 2.05) is 0 Å². The smallest absolute Gasteiger partial charge is 0.223 e. The minimum atomic E-state index is 0.273. The fourth-order valence-corrected chi connectivity index (χ4v) is 3.38. The third-order valence-corrected chi connectivity index (χ3v) is 4.83. The lowest BCUT2D eigenvalue weighted by molar-refractivity contribution is -0.126. The summed E-state index contributed by atoms with van der Waals surface area (Å²) in [5.74, 6) is 1.44. The van der Waals surface area contributed by atoms with Gasteiger partial charge in [0.05, 0.1) is 0 Å². The van der Waals surface area contributed by atoms with Gasteiger partial charge in [0.1, 0.15) is 0 Å². The first-order valence-electron chi connectivity index (χ1n) is 8.46. The Hall–Kier alpha value is -0.830. The Balaban J connectivity index is 1.65. The number of carbonyl (C=O) groups excluding carboxylic acids is 1. The van der Waals surface area contributed by atoms with Crippen molar-refractivity contribution >= 4 is 5.91 Å². The van der Waals surface area contributed by atoms with E-state index >= 15 is 0 Å². The summed E-state index contributed by atoms with van der Waals surface area (Å²) in [4.78, 5) is 12.2. The largest absolute Gasteiger partial charge is 0.352 e. The van der Waals surface area contributed by atoms with Crippen molar-refractivity contribution in [3.8, 4) is 0 Å². The van der Waals surface area contributed by atoms with Crippen LogP contribution in [-0.4, -0.2) is 25.5 Å². The van der Waals surface area contributed by atoms with Crippen molar-refractivity contribution in [2.75, 3.05) is 19.6 Å². The van der Waals surface area contributed by atoms with Gasteiger partial charge in [0.15, 0.2) is 0 Å². The predicted molar refractivity (Wildman–Crippen MR) is 83.6 cm³/mol. The summed E-state index contributed by atoms with van der Waals surface area (Å²) in [6.45, 7) is 5.02. The third kappa shape index (κ3) is 4.93. The molecule has 1 aliphatic carbocycles. The first-order valence-corrected chi connectivity index (χ1v) is 8.46. The molecule has 0 bridgehead atoms. The average molecular weight is 278 g/mol. The number of hydrogen-bond donors (Lipinski definition) is 2. The Kier molecular flexibility index (Phi) is 6.58. The molecule has 0 aromatic carbocycles. The second-order valence-corrected chi connectivity index (χ2v) is 6.39. The van der Waals surface area contributed by atoms with E-state index in [0.29, 0.717) is 5.91 Å². The van der Waals surface area contributed by atoms with Crippen molar-refractivity contribution in [3.63, 3.8) is 0 Å². The molecule has 2 N–H and O–H groups in total. The summed E-state index contributed by atoms with van der Waals surface area (Å²) in [5, 5.41) is 6.44. The molecule has 0 spiro atoms. The van der Waals surface area contributed by atoms with E-state index in [0.717, 1.165) is 44.8 Å². The molecule has 0 aromatic heterocycles. The standard InChI is InChI=1S/C17H30N2O/c1-2-3-4-14-5-7-16(8-6-14)17(20)19-13-15-9-11-18-12-10-15/h9,14,16,18H,2-8,10-13H2,1H3,(H,19,20). The molecule has 0 radical (unpaired) electrons. The van der Waals surface area contributed by atoms with Crippen LogP contribution < -0.4 is 10.6 Å². The number of carbonyl (C=O) groups is 1. The molecule has 1 amide bonds. The lowest BCUT2D eigenvalue weighted by Crippen LogP contribution is -2.35. The van der Waals surface area contributed by atoms with Crippen molar-refractivity contribution in [2.24, 2.45) is 11.8 Å². The summed E-state index contributed by atoms with van der Waals surface area (Å²) in [6.07, 6.45) is 12.0. The summed E-state index contributed by atoms with van der Waals surface area (Å²) in [5.41, 5.74) is 1.38. The summed E-state index contributed by atoms with van der Waals surface area (Å²) < 4.78 is 0. The molecule has 114 valence electrons. The minimum absolute atomic E-state index is 0.273. The van der Waals surface area contributed by atoms with E-state index in [2.05, 4.69) is 23.6 Å². The van der Waals surface area contributed by atoms with Crippen LogP contribution in [0.25, 0.3) is 0 Å². The van der Waals surface area contributed by atoms with Gasteiger partial charge in [0.2, 0.25) is 5.91 Å². The van der Waals surface area contributed by atoms with Gasteiger partial charge in [-0.25, -0.2) is 0 Å². The molecule has 0 unspecified atom stereocenters. The molecule has 2 rings (SSSR count). The summed E-state index contributed by atoms with van der Waals surface area (Å²) >= 11 is 0. The lowest BCUT2D eigenvalue weighted by Gasteiger charge is -2.28. The first kappa shape index (κ1) is 15.6. The van der Waals surface area contributed by atoms with E-state index in [1.165, 1.54) is 37.7 Å². The highest BCUT2D eigenvalue weighted by Crippen LogP contribution is 2.31. The van der Waals surface area contributed by atoms with Crippen LogP contribution in [0.3, 0.4) is 0 Å². The highest BCUT2D eigenvalue weighted by molar-refractivity contribution is 5.78. The van der Waals surface area contributed by atoms with Crippen LogP contribution in [0.5, 0.6) is 0 Å². The fraction of sp³-hybridized carbons (Fsp3) is 0.824. The highest BCUT2D eigenvalue weighted by Gasteiger charge is 2.25. The Bertz CT molecular complexity index is 330. The number of rotatable bonds is 6. The normalized spacial score (nSPS) is 26.9. The Morgan fingerprint density at radius 2 is 2.15 bits per heavy atom. The zero-order chi connectivity index (χ0) is 14.2. The van der Waals surface area contributed by atoms with E-state index in [9.17, 15) is 4.79 Å². The molecule has 2 aliphatic rings. The number of hydrogen-bond acceptors (Lipinski definition) is 2. The van der Waals surface area contributed by atoms with Crippen molar-refractivity contribution in [3.05, 3.63) is 11.6 Å². The maximum atomic E-state index is 12.2. The Morgan fingerprint density at radius 3 is 2.80 bits per heavy atom. The number of nitrogens with one attached hydrogen (secondary N) is 2. The molecule has 1 aliphatic heterocycles. The quantitative estimate of drug-likeness (QED) is 0.733. The van der Waals surface area contributed by atoms with Crippen LogP contribution in [-0.2, 0) is 4.79 Å². The molecule has 1 saturated carbocycles. The molecular formula is C17H30N2O. The van der Waals surface area contributed by atoms with Gasteiger partial charge in [-0.3, -0.25) is 4.79 Å². The van der Waals surface area contributed by atoms with Crippen LogP contribution in [0, 0.1) is 11.8 Å². The second-order valence-electron chi connectivity index (χ2n) is 6.39. The molecule has 1 heterocycles. The third-order valence-electron chi connectivity index (χ3n) is 4.83. The fourth-order valence-electron chi connectivity index (χ4n) is 3.38. The first-order chi connectivity index (χ1) is 9.79. The molecule has 3 nitrogen and oxygen atoms in total. The van der Waals surface area contributed by atoms with Gasteiger partial charge in [-0.05, 0) is 44.6 Å². The second kappa shape index (κ2) is 8.46. The Morgan fingerprint density at radius 1 is 1.35 bits per heavy atom. The van der Waals surface area contributed by atoms with Gasteiger partial charge >= 0.3 is 0 Å². The van der Waals surface area contributed by atoms with E-state index in [1.54, 1.807) is 0 Å². The van der Waals surface area contributed by atoms with Crippen molar-refractivity contribution in [1.29, 1.82) is 0 Å². The zero-order valence-electron chi connectivity index (χ0n) is 12.9. The molecule has 1 fully saturated rings. The zero-order valence-corrected chi connectivity index (χ0v) is 12.9. The van der Waals surface area contributed by atoms with Gasteiger partial charge in [-0.1, -0.05) is 37.8 Å². The highest BCUT2D eigenvalue weighted by atomic mass is 16.1. The minimum Gasteiger partial charge on any atom is -0.352 e. The van der Waals surface area contributed by atoms with E-state index in [-0.39, 0.29) is 5.92 Å². The topological polar surface area (TPSA) is 41.1 Å². The Labute approximate surface area is 123 Å². The van der Waals surface area contributed by atoms with Gasteiger partial charge in [0.25, 0.3) is 0 Å². The summed E-state index contributed by atoms with van der Waals surface area (Å²) in [6, 6.07) is 0. The average Bonchev–Trinajstić information content (AvgIpc) is 2.52. The molecule has 0 atom stereocenters. The van der Waals surface area contributed by atoms with Crippen LogP contribution in [0.4, 0.5) is 0 Å². The maximum Gasteiger partial charge on any atom is 0.223 e. The predicted octanol–water partition coefficient (Wildman–Crippen LogP) is 3.02. The van der Waals surface area contributed by atoms with Crippen LogP contribution in [0.1, 0.15) is 58.3 Å². The van der Waals surface area contributed by atoms with Crippen molar-refractivity contribution in [2.45, 2.75) is 58.3 Å². The van der Waals surface area contributed by atoms with Crippen molar-refractivity contribution < 1.29 is 4.79 Å². The van der Waals surface area contributed by atoms with Crippen LogP contribution >= 0.6 is 0 Å².